The van der Waals surface area contributed by atoms with Crippen molar-refractivity contribution in [1.82, 2.24) is 5.32 Å². The van der Waals surface area contributed by atoms with Gasteiger partial charge in [0.15, 0.2) is 0 Å². The molecule has 0 aromatic heterocycles. The van der Waals surface area contributed by atoms with Crippen molar-refractivity contribution in [2.45, 2.75) is 30.2 Å². The van der Waals surface area contributed by atoms with E-state index in [1.807, 2.05) is 37.4 Å². The molecule has 3 aromatic rings. The first-order valence-electron chi connectivity index (χ1n) is 10.7. The third-order valence-corrected chi connectivity index (χ3v) is 7.70. The predicted molar refractivity (Wildman–Crippen MR) is 134 cm³/mol. The first-order valence-corrected chi connectivity index (χ1v) is 13.3. The fourth-order valence-electron chi connectivity index (χ4n) is 3.30. The summed E-state index contributed by atoms with van der Waals surface area (Å²) in [5.41, 5.74) is 1.93. The summed E-state index contributed by atoms with van der Waals surface area (Å²) in [6, 6.07) is 21.0. The molecule has 0 unspecified atom stereocenters. The zero-order chi connectivity index (χ0) is 23.8. The molecule has 0 aliphatic rings. The van der Waals surface area contributed by atoms with E-state index in [2.05, 4.69) is 5.32 Å². The Morgan fingerprint density at radius 3 is 2.12 bits per heavy atom. The lowest BCUT2D eigenvalue weighted by molar-refractivity contribution is 0.0951. The lowest BCUT2D eigenvalue weighted by atomic mass is 10.1. The van der Waals surface area contributed by atoms with E-state index in [4.69, 9.17) is 4.74 Å². The van der Waals surface area contributed by atoms with Crippen LogP contribution in [-0.4, -0.2) is 33.7 Å². The monoisotopic (exact) mass is 484 g/mol. The SMILES string of the molecule is CCOc1ccc(CNC(=O)c2ccc(N(CC)S(=O)(=O)c3ccc(SC)cc3)cc2)cc1. The number of anilines is 1. The van der Waals surface area contributed by atoms with E-state index >= 15 is 0 Å². The first kappa shape index (κ1) is 24.7. The van der Waals surface area contributed by atoms with Gasteiger partial charge in [-0.1, -0.05) is 12.1 Å². The van der Waals surface area contributed by atoms with E-state index < -0.39 is 10.0 Å². The number of ether oxygens (including phenoxy) is 1. The Hall–Kier alpha value is -2.97. The Morgan fingerprint density at radius 2 is 1.58 bits per heavy atom. The van der Waals surface area contributed by atoms with Gasteiger partial charge in [0, 0.05) is 23.5 Å². The molecule has 0 bridgehead atoms. The molecule has 33 heavy (non-hydrogen) atoms. The van der Waals surface area contributed by atoms with Gasteiger partial charge < -0.3 is 10.1 Å². The van der Waals surface area contributed by atoms with Gasteiger partial charge in [0.25, 0.3) is 15.9 Å². The molecule has 0 aliphatic heterocycles. The van der Waals surface area contributed by atoms with Crippen LogP contribution in [0.4, 0.5) is 5.69 Å². The van der Waals surface area contributed by atoms with Crippen LogP contribution in [0.5, 0.6) is 5.75 Å². The smallest absolute Gasteiger partial charge is 0.264 e. The van der Waals surface area contributed by atoms with Crippen LogP contribution < -0.4 is 14.4 Å². The van der Waals surface area contributed by atoms with E-state index in [0.29, 0.717) is 24.4 Å². The lowest BCUT2D eigenvalue weighted by Gasteiger charge is -2.23. The molecule has 0 radical (unpaired) electrons. The Morgan fingerprint density at radius 1 is 0.939 bits per heavy atom. The molecule has 1 amide bonds. The molecule has 0 saturated heterocycles. The minimum atomic E-state index is -3.70. The number of hydrogen-bond donors (Lipinski definition) is 1. The summed E-state index contributed by atoms with van der Waals surface area (Å²) in [7, 11) is -3.70. The van der Waals surface area contributed by atoms with Crippen molar-refractivity contribution < 1.29 is 17.9 Å². The molecule has 0 aliphatic carbocycles. The number of thioether (sulfide) groups is 1. The molecule has 0 fully saturated rings. The van der Waals surface area contributed by atoms with Gasteiger partial charge in [0.2, 0.25) is 0 Å². The molecule has 174 valence electrons. The third kappa shape index (κ3) is 6.09. The molecular formula is C25H28N2O4S2. The Bertz CT molecular complexity index is 1160. The summed E-state index contributed by atoms with van der Waals surface area (Å²) in [5.74, 6) is 0.563. The molecule has 0 heterocycles. The molecule has 3 rings (SSSR count). The second-order valence-corrected chi connectivity index (χ2v) is 9.89. The van der Waals surface area contributed by atoms with Crippen molar-refractivity contribution in [2.24, 2.45) is 0 Å². The Balaban J connectivity index is 1.68. The maximum Gasteiger partial charge on any atom is 0.264 e. The number of benzene rings is 3. The maximum absolute atomic E-state index is 13.1. The summed E-state index contributed by atoms with van der Waals surface area (Å²) in [5, 5.41) is 2.88. The molecular weight excluding hydrogens is 456 g/mol. The highest BCUT2D eigenvalue weighted by atomic mass is 32.2. The van der Waals surface area contributed by atoms with Crippen molar-refractivity contribution in [3.05, 3.63) is 83.9 Å². The molecule has 0 atom stereocenters. The molecule has 0 saturated carbocycles. The summed E-state index contributed by atoms with van der Waals surface area (Å²) >= 11 is 1.56. The molecule has 1 N–H and O–H groups in total. The van der Waals surface area contributed by atoms with Gasteiger partial charge in [-0.3, -0.25) is 9.10 Å². The molecule has 6 nitrogen and oxygen atoms in total. The quantitative estimate of drug-likeness (QED) is 0.412. The van der Waals surface area contributed by atoms with Gasteiger partial charge in [-0.15, -0.1) is 11.8 Å². The fourth-order valence-corrected chi connectivity index (χ4v) is 5.18. The number of carbonyl (C=O) groups is 1. The average molecular weight is 485 g/mol. The van der Waals surface area contributed by atoms with Crippen LogP contribution in [0.2, 0.25) is 0 Å². The van der Waals surface area contributed by atoms with E-state index in [1.165, 1.54) is 4.31 Å². The van der Waals surface area contributed by atoms with E-state index in [0.717, 1.165) is 16.2 Å². The maximum atomic E-state index is 13.1. The third-order valence-electron chi connectivity index (χ3n) is 5.04. The van der Waals surface area contributed by atoms with Gasteiger partial charge in [-0.2, -0.15) is 0 Å². The Kier molecular flexibility index (Phi) is 8.41. The van der Waals surface area contributed by atoms with E-state index in [-0.39, 0.29) is 17.3 Å². The van der Waals surface area contributed by atoms with E-state index in [9.17, 15) is 13.2 Å². The van der Waals surface area contributed by atoms with Crippen LogP contribution >= 0.6 is 11.8 Å². The minimum absolute atomic E-state index is 0.228. The van der Waals surface area contributed by atoms with Crippen LogP contribution in [0.1, 0.15) is 29.8 Å². The second-order valence-electron chi connectivity index (χ2n) is 7.15. The normalized spacial score (nSPS) is 11.1. The number of sulfonamides is 1. The highest BCUT2D eigenvalue weighted by Gasteiger charge is 2.23. The standard InChI is InChI=1S/C25H28N2O4S2/c1-4-27(33(29,30)24-16-14-23(32-3)15-17-24)21-10-8-20(9-11-21)25(28)26-18-19-6-12-22(13-7-19)31-5-2/h6-17H,4-5,18H2,1-3H3,(H,26,28). The van der Waals surface area contributed by atoms with Crippen LogP contribution in [0.3, 0.4) is 0 Å². The number of rotatable bonds is 10. The molecule has 3 aromatic carbocycles. The highest BCUT2D eigenvalue weighted by Crippen LogP contribution is 2.25. The van der Waals surface area contributed by atoms with Crippen molar-refractivity contribution in [3.8, 4) is 5.75 Å². The summed E-state index contributed by atoms with van der Waals surface area (Å²) in [4.78, 5) is 13.8. The second kappa shape index (κ2) is 11.2. The number of nitrogens with zero attached hydrogens (tertiary/aromatic N) is 1. The first-order chi connectivity index (χ1) is 15.9. The molecule has 8 heteroatoms. The van der Waals surface area contributed by atoms with Gasteiger partial charge in [-0.05, 0) is 86.3 Å². The highest BCUT2D eigenvalue weighted by molar-refractivity contribution is 7.98. The lowest BCUT2D eigenvalue weighted by Crippen LogP contribution is -2.31. The van der Waals surface area contributed by atoms with Crippen molar-refractivity contribution in [3.63, 3.8) is 0 Å². The van der Waals surface area contributed by atoms with Gasteiger partial charge in [-0.25, -0.2) is 8.42 Å². The van der Waals surface area contributed by atoms with Gasteiger partial charge in [0.1, 0.15) is 5.75 Å². The largest absolute Gasteiger partial charge is 0.494 e. The van der Waals surface area contributed by atoms with E-state index in [1.54, 1.807) is 67.2 Å². The summed E-state index contributed by atoms with van der Waals surface area (Å²) in [6.45, 7) is 4.97. The van der Waals surface area contributed by atoms with Crippen LogP contribution in [0, 0.1) is 0 Å². The Labute approximate surface area is 200 Å². The number of carbonyl (C=O) groups excluding carboxylic acids is 1. The average Bonchev–Trinajstić information content (AvgIpc) is 2.84. The van der Waals surface area contributed by atoms with Crippen LogP contribution in [0.15, 0.2) is 82.6 Å². The zero-order valence-corrected chi connectivity index (χ0v) is 20.6. The number of amides is 1. The van der Waals surface area contributed by atoms with Gasteiger partial charge >= 0.3 is 0 Å². The molecule has 0 spiro atoms. The van der Waals surface area contributed by atoms with Crippen molar-refractivity contribution in [1.29, 1.82) is 0 Å². The fraction of sp³-hybridized carbons (Fsp3) is 0.240. The minimum Gasteiger partial charge on any atom is -0.494 e. The number of nitrogens with one attached hydrogen (secondary N) is 1. The van der Waals surface area contributed by atoms with Crippen molar-refractivity contribution >= 4 is 33.4 Å². The zero-order valence-electron chi connectivity index (χ0n) is 18.9. The number of hydrogen-bond acceptors (Lipinski definition) is 5. The van der Waals surface area contributed by atoms with Crippen molar-refractivity contribution in [2.75, 3.05) is 23.7 Å². The topological polar surface area (TPSA) is 75.7 Å². The van der Waals surface area contributed by atoms with Gasteiger partial charge in [0.05, 0.1) is 17.2 Å². The summed E-state index contributed by atoms with van der Waals surface area (Å²) < 4.78 is 33.0. The summed E-state index contributed by atoms with van der Waals surface area (Å²) in [6.07, 6.45) is 1.94. The van der Waals surface area contributed by atoms with Crippen LogP contribution in [0.25, 0.3) is 0 Å². The predicted octanol–water partition coefficient (Wildman–Crippen LogP) is 4.95. The van der Waals surface area contributed by atoms with Crippen LogP contribution in [-0.2, 0) is 16.6 Å².